The van der Waals surface area contributed by atoms with Gasteiger partial charge in [-0.1, -0.05) is 54.4 Å². The lowest BCUT2D eigenvalue weighted by Gasteiger charge is -2.22. The van der Waals surface area contributed by atoms with Crippen LogP contribution in [0.3, 0.4) is 0 Å². The number of aromatic hydroxyl groups is 1. The zero-order valence-electron chi connectivity index (χ0n) is 29.6. The van der Waals surface area contributed by atoms with E-state index in [0.717, 1.165) is 69.6 Å². The van der Waals surface area contributed by atoms with Crippen molar-refractivity contribution >= 4 is 31.0 Å². The number of pyridine rings is 1. The van der Waals surface area contributed by atoms with Crippen LogP contribution in [-0.2, 0) is 23.9 Å². The molecule has 1 saturated carbocycles. The molecule has 1 aliphatic carbocycles. The summed E-state index contributed by atoms with van der Waals surface area (Å²) in [5.41, 5.74) is 0. The molecule has 4 atom stereocenters. The van der Waals surface area contributed by atoms with Crippen molar-refractivity contribution in [3.63, 3.8) is 0 Å². The van der Waals surface area contributed by atoms with Gasteiger partial charge in [0.15, 0.2) is 11.6 Å². The number of nitrogens with one attached hydrogen (secondary N) is 2. The van der Waals surface area contributed by atoms with Crippen LogP contribution in [0.5, 0.6) is 5.75 Å². The number of nitriles is 1. The Bertz CT molecular complexity index is 1110. The number of rotatable bonds is 7. The Kier molecular flexibility index (Phi) is 25.9. The number of halogens is 4. The van der Waals surface area contributed by atoms with E-state index < -0.39 is 24.3 Å². The van der Waals surface area contributed by atoms with Crippen molar-refractivity contribution in [2.45, 2.75) is 85.9 Å². The first-order valence-corrected chi connectivity index (χ1v) is 16.3. The van der Waals surface area contributed by atoms with E-state index in [0.29, 0.717) is 18.7 Å². The Hall–Kier alpha value is -4.00. The zero-order valence-corrected chi connectivity index (χ0v) is 29.6. The van der Waals surface area contributed by atoms with Crippen LogP contribution in [0.15, 0.2) is 12.3 Å². The van der Waals surface area contributed by atoms with Gasteiger partial charge in [0.25, 0.3) is 0 Å². The minimum atomic E-state index is -4.17. The number of methoxy groups -OCH3 is 1. The molecule has 0 bridgehead atoms. The number of carbonyl (C=O) groups excluding carboxylic acids is 4. The Morgan fingerprint density at radius 2 is 1.67 bits per heavy atom. The number of carbonyl (C=O) groups is 4. The Labute approximate surface area is 287 Å². The predicted molar refractivity (Wildman–Crippen MR) is 177 cm³/mol. The maximum absolute atomic E-state index is 12.2. The van der Waals surface area contributed by atoms with Crippen molar-refractivity contribution in [3.8, 4) is 11.8 Å². The monoisotopic (exact) mass is 706 g/mol. The van der Waals surface area contributed by atoms with E-state index in [1.165, 1.54) is 25.7 Å². The van der Waals surface area contributed by atoms with E-state index in [1.807, 2.05) is 25.7 Å². The summed E-state index contributed by atoms with van der Waals surface area (Å²) in [7, 11) is 1.01. The number of hydrogen-bond acceptors (Lipinski definition) is 8. The number of amides is 4. The molecule has 4 amide bonds. The number of alkyl halides is 3. The molecule has 1 aromatic rings. The molecule has 280 valence electrons. The maximum Gasteiger partial charge on any atom is 0.411 e. The Morgan fingerprint density at radius 3 is 2.04 bits per heavy atom. The largest absolute Gasteiger partial charge is 0.504 e. The van der Waals surface area contributed by atoms with Gasteiger partial charge in [0.1, 0.15) is 18.5 Å². The SMILES string of the molecule is CC.CC(C)C.CC1C[C@@H](C#N)N(C=O)C1.COCC(F)(F)F.O=CNCC(=O)N1CC2CCCCC2C1.O=CNc1ncc(F)cc1O. The highest BCUT2D eigenvalue weighted by Gasteiger charge is 2.36. The van der Waals surface area contributed by atoms with Gasteiger partial charge < -0.3 is 30.3 Å². The second-order valence-electron chi connectivity index (χ2n) is 12.0. The van der Waals surface area contributed by atoms with Crippen molar-refractivity contribution in [2.24, 2.45) is 23.7 Å². The minimum Gasteiger partial charge on any atom is -0.504 e. The van der Waals surface area contributed by atoms with Gasteiger partial charge >= 0.3 is 6.18 Å². The normalized spacial score (nSPS) is 20.2. The van der Waals surface area contributed by atoms with Gasteiger partial charge in [-0.15, -0.1) is 0 Å². The highest BCUT2D eigenvalue weighted by Crippen LogP contribution is 2.35. The number of nitrogens with zero attached hydrogens (tertiary/aromatic N) is 4. The van der Waals surface area contributed by atoms with Gasteiger partial charge in [-0.25, -0.2) is 9.37 Å². The predicted octanol–water partition coefficient (Wildman–Crippen LogP) is 5.14. The standard InChI is InChI=1S/C11H18N2O2.C7H10N2O.C6H5FN2O2.C4H10.C3H5F3O.C2H6/c14-8-12-5-11(15)13-6-9-3-1-2-4-10(9)7-13;1-6-2-7(3-8)9(4-6)5-10;7-4-1-5(11)6(8-2-4)9-3-10;1-4(2)3;1-7-2-3(4,5)6;1-2/h8-10H,1-7H2,(H,12,14);5-7H,2,4H2,1H3;1-3,11H,(H,8,9,10);4H,1-3H3;2H2,1H3;1-2H3/t;6?,7-;;;;/m.0..../s1. The smallest absolute Gasteiger partial charge is 0.411 e. The Morgan fingerprint density at radius 1 is 1.12 bits per heavy atom. The molecular formula is C33H54F4N6O6. The van der Waals surface area contributed by atoms with E-state index >= 15 is 0 Å². The molecule has 2 aliphatic heterocycles. The van der Waals surface area contributed by atoms with Gasteiger partial charge in [-0.3, -0.25) is 19.2 Å². The van der Waals surface area contributed by atoms with Crippen molar-refractivity contribution < 1.29 is 46.6 Å². The van der Waals surface area contributed by atoms with Gasteiger partial charge in [0.2, 0.25) is 25.1 Å². The molecule has 3 heterocycles. The fourth-order valence-electron chi connectivity index (χ4n) is 4.93. The Balaban J connectivity index is 0. The highest BCUT2D eigenvalue weighted by atomic mass is 19.4. The molecule has 4 rings (SSSR count). The van der Waals surface area contributed by atoms with Crippen LogP contribution in [-0.4, -0.2) is 97.1 Å². The van der Waals surface area contributed by atoms with Crippen LogP contribution in [0.4, 0.5) is 23.4 Å². The van der Waals surface area contributed by atoms with Crippen LogP contribution < -0.4 is 10.6 Å². The lowest BCUT2D eigenvalue weighted by molar-refractivity contribution is -0.167. The first kappa shape index (κ1) is 47.1. The van der Waals surface area contributed by atoms with Crippen LogP contribution in [0, 0.1) is 40.8 Å². The van der Waals surface area contributed by atoms with Crippen LogP contribution in [0.1, 0.15) is 73.6 Å². The average molecular weight is 707 g/mol. The molecule has 3 fully saturated rings. The third-order valence-electron chi connectivity index (χ3n) is 6.84. The molecule has 12 nitrogen and oxygen atoms in total. The number of aromatic nitrogens is 1. The molecule has 49 heavy (non-hydrogen) atoms. The first-order chi connectivity index (χ1) is 23.1. The van der Waals surface area contributed by atoms with E-state index in [2.05, 4.69) is 47.2 Å². The summed E-state index contributed by atoms with van der Waals surface area (Å²) in [5, 5.41) is 22.0. The fraction of sp³-hybridized carbons (Fsp3) is 0.697. The maximum atomic E-state index is 12.2. The number of hydrogen-bond donors (Lipinski definition) is 3. The van der Waals surface area contributed by atoms with E-state index in [1.54, 1.807) is 4.90 Å². The minimum absolute atomic E-state index is 0.0543. The molecule has 3 unspecified atom stereocenters. The quantitative estimate of drug-likeness (QED) is 0.259. The second-order valence-corrected chi connectivity index (χ2v) is 12.0. The van der Waals surface area contributed by atoms with Crippen molar-refractivity contribution in [1.29, 1.82) is 5.26 Å². The molecular weight excluding hydrogens is 652 g/mol. The van der Waals surface area contributed by atoms with Crippen LogP contribution in [0.2, 0.25) is 0 Å². The second kappa shape index (κ2) is 26.9. The molecule has 0 aromatic carbocycles. The number of anilines is 1. The molecule has 2 saturated heterocycles. The lowest BCUT2D eigenvalue weighted by atomic mass is 9.82. The van der Waals surface area contributed by atoms with Gasteiger partial charge in [-0.05, 0) is 42.9 Å². The van der Waals surface area contributed by atoms with E-state index in [9.17, 15) is 36.7 Å². The molecule has 0 spiro atoms. The highest BCUT2D eigenvalue weighted by molar-refractivity contribution is 5.80. The number of ether oxygens (including phenoxy) is 1. The molecule has 16 heteroatoms. The molecule has 3 N–H and O–H groups in total. The number of likely N-dealkylation sites (tertiary alicyclic amines) is 2. The van der Waals surface area contributed by atoms with Crippen molar-refractivity contribution in [1.82, 2.24) is 20.1 Å². The van der Waals surface area contributed by atoms with Gasteiger partial charge in [0.05, 0.1) is 18.8 Å². The molecule has 1 aromatic heterocycles. The lowest BCUT2D eigenvalue weighted by Crippen LogP contribution is -2.36. The van der Waals surface area contributed by atoms with Crippen molar-refractivity contribution in [2.75, 3.05) is 45.2 Å². The molecule has 3 aliphatic rings. The fourth-order valence-corrected chi connectivity index (χ4v) is 4.93. The van der Waals surface area contributed by atoms with E-state index in [-0.39, 0.29) is 24.3 Å². The summed E-state index contributed by atoms with van der Waals surface area (Å²) in [6, 6.07) is 2.78. The summed E-state index contributed by atoms with van der Waals surface area (Å²) < 4.78 is 48.8. The van der Waals surface area contributed by atoms with Crippen LogP contribution in [0.25, 0.3) is 0 Å². The third kappa shape index (κ3) is 22.3. The van der Waals surface area contributed by atoms with Crippen molar-refractivity contribution in [3.05, 3.63) is 18.1 Å². The van der Waals surface area contributed by atoms with Crippen LogP contribution >= 0.6 is 0 Å². The van der Waals surface area contributed by atoms with Gasteiger partial charge in [0, 0.05) is 32.8 Å². The average Bonchev–Trinajstić information content (AvgIpc) is 3.65. The summed E-state index contributed by atoms with van der Waals surface area (Å²) in [4.78, 5) is 48.8. The zero-order chi connectivity index (χ0) is 38.0. The van der Waals surface area contributed by atoms with E-state index in [4.69, 9.17) is 10.4 Å². The summed E-state index contributed by atoms with van der Waals surface area (Å²) >= 11 is 0. The summed E-state index contributed by atoms with van der Waals surface area (Å²) in [6.45, 7) is 14.1. The molecule has 0 radical (unpaired) electrons. The topological polar surface area (TPSA) is 165 Å². The van der Waals surface area contributed by atoms with Gasteiger partial charge in [-0.2, -0.15) is 18.4 Å². The first-order valence-electron chi connectivity index (χ1n) is 16.3. The number of fused-ring (bicyclic) bond motifs is 1. The third-order valence-corrected chi connectivity index (χ3v) is 6.84. The summed E-state index contributed by atoms with van der Waals surface area (Å²) in [5.74, 6) is 1.72. The summed E-state index contributed by atoms with van der Waals surface area (Å²) in [6.07, 6.45) is 4.42.